The van der Waals surface area contributed by atoms with Gasteiger partial charge in [-0.15, -0.1) is 0 Å². The van der Waals surface area contributed by atoms with Crippen LogP contribution in [0.25, 0.3) is 23.0 Å². The molecule has 33 heavy (non-hydrogen) atoms. The number of benzene rings is 2. The van der Waals surface area contributed by atoms with Gasteiger partial charge in [0.25, 0.3) is 5.91 Å². The van der Waals surface area contributed by atoms with E-state index in [0.717, 1.165) is 11.3 Å². The van der Waals surface area contributed by atoms with E-state index in [2.05, 4.69) is 5.32 Å². The third kappa shape index (κ3) is 5.13. The molecule has 1 aliphatic rings. The van der Waals surface area contributed by atoms with Crippen molar-refractivity contribution in [3.63, 3.8) is 0 Å². The Morgan fingerprint density at radius 1 is 1.24 bits per heavy atom. The first-order valence-electron chi connectivity index (χ1n) is 10.3. The molecule has 3 aromatic rings. The highest BCUT2D eigenvalue weighted by Gasteiger charge is 2.29. The molecule has 0 saturated carbocycles. The average molecular weight is 463 g/mol. The predicted octanol–water partition coefficient (Wildman–Crippen LogP) is 2.76. The van der Waals surface area contributed by atoms with Gasteiger partial charge in [0.15, 0.2) is 9.84 Å². The van der Waals surface area contributed by atoms with Crippen molar-refractivity contribution in [2.75, 3.05) is 18.6 Å². The minimum Gasteiger partial charge on any atom is -0.497 e. The fourth-order valence-electron chi connectivity index (χ4n) is 3.68. The minimum absolute atomic E-state index is 0.0351. The topological polar surface area (TPSA) is 114 Å². The second-order valence-electron chi connectivity index (χ2n) is 7.69. The van der Waals surface area contributed by atoms with Gasteiger partial charge in [0, 0.05) is 23.4 Å². The Hall–Kier alpha value is -3.90. The lowest BCUT2D eigenvalue weighted by molar-refractivity contribution is -0.117. The van der Waals surface area contributed by atoms with Crippen molar-refractivity contribution in [1.29, 1.82) is 5.26 Å². The van der Waals surface area contributed by atoms with Gasteiger partial charge in [-0.25, -0.2) is 13.1 Å². The van der Waals surface area contributed by atoms with E-state index >= 15 is 0 Å². The van der Waals surface area contributed by atoms with Gasteiger partial charge >= 0.3 is 0 Å². The van der Waals surface area contributed by atoms with Crippen LogP contribution >= 0.6 is 0 Å². The first-order valence-corrected chi connectivity index (χ1v) is 12.1. The molecular formula is C24H22N4O4S. The summed E-state index contributed by atoms with van der Waals surface area (Å²) in [5, 5.41) is 17.0. The van der Waals surface area contributed by atoms with Crippen LogP contribution < -0.4 is 10.1 Å². The molecule has 0 spiro atoms. The molecule has 8 nitrogen and oxygen atoms in total. The van der Waals surface area contributed by atoms with Crippen molar-refractivity contribution in [1.82, 2.24) is 15.1 Å². The maximum Gasteiger partial charge on any atom is 0.262 e. The van der Waals surface area contributed by atoms with Crippen LogP contribution in [-0.4, -0.2) is 48.8 Å². The van der Waals surface area contributed by atoms with Gasteiger partial charge < -0.3 is 10.1 Å². The molecule has 1 atom stereocenters. The summed E-state index contributed by atoms with van der Waals surface area (Å²) in [7, 11) is -1.58. The minimum atomic E-state index is -3.15. The highest BCUT2D eigenvalue weighted by molar-refractivity contribution is 7.91. The number of methoxy groups -OCH3 is 1. The van der Waals surface area contributed by atoms with Crippen molar-refractivity contribution in [3.05, 3.63) is 71.9 Å². The molecule has 1 saturated heterocycles. The van der Waals surface area contributed by atoms with Gasteiger partial charge in [-0.2, -0.15) is 10.4 Å². The van der Waals surface area contributed by atoms with Crippen molar-refractivity contribution >= 4 is 21.8 Å². The summed E-state index contributed by atoms with van der Waals surface area (Å²) in [5.41, 5.74) is 2.59. The van der Waals surface area contributed by atoms with Crippen LogP contribution in [0.1, 0.15) is 12.0 Å². The molecule has 4 rings (SSSR count). The summed E-state index contributed by atoms with van der Waals surface area (Å²) in [6.07, 6.45) is 3.56. The number of rotatable bonds is 6. The highest BCUT2D eigenvalue weighted by atomic mass is 32.2. The molecule has 1 amide bonds. The molecule has 0 radical (unpaired) electrons. The second-order valence-corrected chi connectivity index (χ2v) is 9.92. The largest absolute Gasteiger partial charge is 0.497 e. The number of carbonyl (C=O) groups excluding carboxylic acids is 1. The lowest BCUT2D eigenvalue weighted by Gasteiger charge is -2.10. The van der Waals surface area contributed by atoms with E-state index < -0.39 is 21.8 Å². The zero-order valence-corrected chi connectivity index (χ0v) is 18.7. The molecule has 2 aromatic carbocycles. The molecule has 0 aliphatic carbocycles. The second kappa shape index (κ2) is 9.30. The summed E-state index contributed by atoms with van der Waals surface area (Å²) in [6.45, 7) is 0. The number of hydrogen-bond acceptors (Lipinski definition) is 6. The van der Waals surface area contributed by atoms with E-state index in [9.17, 15) is 18.5 Å². The highest BCUT2D eigenvalue weighted by Crippen LogP contribution is 2.28. The number of sulfone groups is 1. The van der Waals surface area contributed by atoms with Crippen LogP contribution in [0.4, 0.5) is 0 Å². The Balaban J connectivity index is 1.72. The number of amides is 1. The Labute approximate surface area is 192 Å². The number of carbonyl (C=O) groups is 1. The summed E-state index contributed by atoms with van der Waals surface area (Å²) in [4.78, 5) is 12.7. The third-order valence-corrected chi connectivity index (χ3v) is 7.11. The maximum absolute atomic E-state index is 12.7. The standard InChI is InChI=1S/C24H22N4O4S/c1-32-22-9-5-6-17(13-22)23-19(15-28(27-23)21-7-3-2-4-8-21)12-18(14-25)24(29)26-20-10-11-33(30,31)16-20/h2-9,12-13,15,20H,10-11,16H2,1H3,(H,26,29)/b18-12+/t20-/m0/s1. The summed E-state index contributed by atoms with van der Waals surface area (Å²) in [6, 6.07) is 18.3. The van der Waals surface area contributed by atoms with Crippen LogP contribution in [0.2, 0.25) is 0 Å². The molecule has 1 fully saturated rings. The normalized spacial score (nSPS) is 17.3. The maximum atomic E-state index is 12.7. The Kier molecular flexibility index (Phi) is 6.29. The zero-order chi connectivity index (χ0) is 23.4. The first-order chi connectivity index (χ1) is 15.9. The molecule has 1 aliphatic heterocycles. The summed E-state index contributed by atoms with van der Waals surface area (Å²) in [5.74, 6) is -0.0349. The fraction of sp³-hybridized carbons (Fsp3) is 0.208. The smallest absolute Gasteiger partial charge is 0.262 e. The molecular weight excluding hydrogens is 440 g/mol. The van der Waals surface area contributed by atoms with Gasteiger partial charge in [0.1, 0.15) is 23.1 Å². The van der Waals surface area contributed by atoms with Gasteiger partial charge in [-0.05, 0) is 36.8 Å². The number of nitrogens with one attached hydrogen (secondary N) is 1. The molecule has 0 bridgehead atoms. The van der Waals surface area contributed by atoms with Crippen molar-refractivity contribution in [3.8, 4) is 28.8 Å². The van der Waals surface area contributed by atoms with E-state index in [0.29, 0.717) is 23.4 Å². The van der Waals surface area contributed by atoms with Gasteiger partial charge in [0.05, 0.1) is 24.3 Å². The molecule has 1 N–H and O–H groups in total. The summed E-state index contributed by atoms with van der Waals surface area (Å²) >= 11 is 0. The SMILES string of the molecule is COc1cccc(-c2nn(-c3ccccc3)cc2/C=C(\C#N)C(=O)N[C@H]2CCS(=O)(=O)C2)c1. The number of hydrogen-bond donors (Lipinski definition) is 1. The van der Waals surface area contributed by atoms with Crippen LogP contribution in [0, 0.1) is 11.3 Å². The Bertz CT molecular complexity index is 1350. The zero-order valence-electron chi connectivity index (χ0n) is 17.9. The van der Waals surface area contributed by atoms with Crippen molar-refractivity contribution in [2.24, 2.45) is 0 Å². The van der Waals surface area contributed by atoms with Crippen LogP contribution in [0.15, 0.2) is 66.4 Å². The lowest BCUT2D eigenvalue weighted by atomic mass is 10.1. The van der Waals surface area contributed by atoms with E-state index in [1.54, 1.807) is 18.0 Å². The average Bonchev–Trinajstić information content (AvgIpc) is 3.40. The fourth-order valence-corrected chi connectivity index (χ4v) is 5.35. The molecule has 2 heterocycles. The van der Waals surface area contributed by atoms with E-state index in [1.807, 2.05) is 60.7 Å². The first kappa shape index (κ1) is 22.3. The summed E-state index contributed by atoms with van der Waals surface area (Å²) < 4.78 is 30.4. The van der Waals surface area contributed by atoms with Crippen LogP contribution in [0.5, 0.6) is 5.75 Å². The van der Waals surface area contributed by atoms with Gasteiger partial charge in [0.2, 0.25) is 0 Å². The molecule has 168 valence electrons. The van der Waals surface area contributed by atoms with Gasteiger partial charge in [-0.3, -0.25) is 4.79 Å². The number of nitriles is 1. The van der Waals surface area contributed by atoms with E-state index in [4.69, 9.17) is 9.84 Å². The predicted molar refractivity (Wildman–Crippen MR) is 124 cm³/mol. The number of aromatic nitrogens is 2. The van der Waals surface area contributed by atoms with Crippen LogP contribution in [0.3, 0.4) is 0 Å². The molecule has 0 unspecified atom stereocenters. The molecule has 1 aromatic heterocycles. The van der Waals surface area contributed by atoms with Gasteiger partial charge in [-0.1, -0.05) is 30.3 Å². The van der Waals surface area contributed by atoms with E-state index in [-0.39, 0.29) is 17.1 Å². The quantitative estimate of drug-likeness (QED) is 0.445. The third-order valence-electron chi connectivity index (χ3n) is 5.34. The number of para-hydroxylation sites is 1. The Morgan fingerprint density at radius 2 is 2.03 bits per heavy atom. The lowest BCUT2D eigenvalue weighted by Crippen LogP contribution is -2.36. The number of ether oxygens (including phenoxy) is 1. The van der Waals surface area contributed by atoms with E-state index in [1.165, 1.54) is 6.08 Å². The Morgan fingerprint density at radius 3 is 2.70 bits per heavy atom. The van der Waals surface area contributed by atoms with Crippen molar-refractivity contribution < 1.29 is 17.9 Å². The monoisotopic (exact) mass is 462 g/mol. The van der Waals surface area contributed by atoms with Crippen LogP contribution in [-0.2, 0) is 14.6 Å². The van der Waals surface area contributed by atoms with Crippen molar-refractivity contribution in [2.45, 2.75) is 12.5 Å². The number of nitrogens with zero attached hydrogens (tertiary/aromatic N) is 3. The molecule has 9 heteroatoms.